The van der Waals surface area contributed by atoms with Crippen LogP contribution in [0.15, 0.2) is 60.8 Å². The Morgan fingerprint density at radius 3 is 2.27 bits per heavy atom. The highest BCUT2D eigenvalue weighted by atomic mass is 16.4. The molecule has 1 fully saturated rings. The van der Waals surface area contributed by atoms with Crippen molar-refractivity contribution in [1.82, 2.24) is 26.3 Å². The smallest absolute Gasteiger partial charge is 0.326 e. The van der Waals surface area contributed by atoms with E-state index in [1.807, 2.05) is 44.2 Å². The molecule has 4 rings (SSSR count). The first-order chi connectivity index (χ1) is 19.2. The largest absolute Gasteiger partial charge is 0.480 e. The van der Waals surface area contributed by atoms with Crippen molar-refractivity contribution in [3.05, 3.63) is 71.9 Å². The molecule has 4 unspecified atom stereocenters. The van der Waals surface area contributed by atoms with Gasteiger partial charge in [-0.2, -0.15) is 0 Å². The van der Waals surface area contributed by atoms with Gasteiger partial charge in [-0.3, -0.25) is 14.4 Å². The number of carboxylic acids is 1. The molecule has 1 aromatic heterocycles. The highest BCUT2D eigenvalue weighted by Gasteiger charge is 2.33. The average molecular weight is 548 g/mol. The van der Waals surface area contributed by atoms with Crippen LogP contribution in [0.25, 0.3) is 10.9 Å². The minimum atomic E-state index is -1.19. The second-order valence-electron chi connectivity index (χ2n) is 10.6. The number of benzene rings is 2. The zero-order valence-electron chi connectivity index (χ0n) is 22.8. The second kappa shape index (κ2) is 13.3. The van der Waals surface area contributed by atoms with Crippen LogP contribution in [0.2, 0.25) is 0 Å². The molecule has 3 amide bonds. The number of para-hydroxylation sites is 1. The van der Waals surface area contributed by atoms with E-state index >= 15 is 0 Å². The molecule has 212 valence electrons. The molecule has 1 saturated heterocycles. The fourth-order valence-corrected chi connectivity index (χ4v) is 5.01. The molecule has 0 radical (unpaired) electrons. The highest BCUT2D eigenvalue weighted by molar-refractivity contribution is 5.95. The van der Waals surface area contributed by atoms with Crippen molar-refractivity contribution in [2.75, 3.05) is 6.54 Å². The maximum absolute atomic E-state index is 13.6. The highest BCUT2D eigenvalue weighted by Crippen LogP contribution is 2.20. The SMILES string of the molecule is CC(C)C(NC(=O)C1CCCN1)C(=O)NC(Cc1c[nH]c2ccccc12)C(=O)NC(Cc1ccccc1)C(=O)O. The fourth-order valence-electron chi connectivity index (χ4n) is 5.01. The van der Waals surface area contributed by atoms with Gasteiger partial charge in [-0.25, -0.2) is 4.79 Å². The van der Waals surface area contributed by atoms with Crippen molar-refractivity contribution in [1.29, 1.82) is 0 Å². The number of aromatic amines is 1. The normalized spacial score (nSPS) is 17.2. The number of amides is 3. The molecule has 2 aromatic carbocycles. The number of carbonyl (C=O) groups excluding carboxylic acids is 3. The summed E-state index contributed by atoms with van der Waals surface area (Å²) in [6, 6.07) is 13.1. The topological polar surface area (TPSA) is 152 Å². The molecule has 1 aliphatic heterocycles. The van der Waals surface area contributed by atoms with E-state index < -0.39 is 35.9 Å². The Bertz CT molecular complexity index is 1330. The molecule has 4 atom stereocenters. The molecule has 3 aromatic rings. The number of hydrogen-bond donors (Lipinski definition) is 6. The summed E-state index contributed by atoms with van der Waals surface area (Å²) in [7, 11) is 0. The molecule has 10 nitrogen and oxygen atoms in total. The molecule has 2 heterocycles. The van der Waals surface area contributed by atoms with E-state index in [1.54, 1.807) is 30.5 Å². The van der Waals surface area contributed by atoms with Crippen molar-refractivity contribution >= 4 is 34.6 Å². The Labute approximate surface area is 233 Å². The molecule has 0 spiro atoms. The van der Waals surface area contributed by atoms with Gasteiger partial charge in [0.25, 0.3) is 0 Å². The minimum Gasteiger partial charge on any atom is -0.480 e. The van der Waals surface area contributed by atoms with Crippen molar-refractivity contribution in [2.24, 2.45) is 5.92 Å². The first-order valence-electron chi connectivity index (χ1n) is 13.7. The van der Waals surface area contributed by atoms with Crippen LogP contribution < -0.4 is 21.3 Å². The number of aliphatic carboxylic acids is 1. The summed E-state index contributed by atoms with van der Waals surface area (Å²) in [5.41, 5.74) is 2.44. The van der Waals surface area contributed by atoms with Crippen molar-refractivity contribution in [3.8, 4) is 0 Å². The summed E-state index contributed by atoms with van der Waals surface area (Å²) < 4.78 is 0. The van der Waals surface area contributed by atoms with Gasteiger partial charge in [-0.05, 0) is 42.5 Å². The Morgan fingerprint density at radius 2 is 1.60 bits per heavy atom. The molecule has 0 bridgehead atoms. The van der Waals surface area contributed by atoms with E-state index in [9.17, 15) is 24.3 Å². The Hall–Kier alpha value is -4.18. The third-order valence-corrected chi connectivity index (χ3v) is 7.25. The number of rotatable bonds is 12. The van der Waals surface area contributed by atoms with Gasteiger partial charge in [-0.15, -0.1) is 0 Å². The Balaban J connectivity index is 1.55. The van der Waals surface area contributed by atoms with Crippen LogP contribution in [0.3, 0.4) is 0 Å². The first kappa shape index (κ1) is 28.8. The minimum absolute atomic E-state index is 0.0920. The van der Waals surface area contributed by atoms with Crippen LogP contribution in [0.5, 0.6) is 0 Å². The standard InChI is InChI=1S/C30H37N5O5/c1-18(2)26(35-27(36)23-13-8-14-31-23)29(38)33-24(16-20-17-32-22-12-7-6-11-21(20)22)28(37)34-25(30(39)40)15-19-9-4-3-5-10-19/h3-7,9-12,17-18,23-26,31-32H,8,13-16H2,1-2H3,(H,33,38)(H,34,37)(H,35,36)(H,39,40). The number of hydrogen-bond acceptors (Lipinski definition) is 5. The van der Waals surface area contributed by atoms with Crippen molar-refractivity contribution < 1.29 is 24.3 Å². The number of nitrogens with one attached hydrogen (secondary N) is 5. The lowest BCUT2D eigenvalue weighted by atomic mass is 9.99. The van der Waals surface area contributed by atoms with Gasteiger partial charge in [-0.1, -0.05) is 62.4 Å². The summed E-state index contributed by atoms with van der Waals surface area (Å²) in [6.45, 7) is 4.39. The second-order valence-corrected chi connectivity index (χ2v) is 10.6. The number of carbonyl (C=O) groups is 4. The number of H-pyrrole nitrogens is 1. The van der Waals surface area contributed by atoms with E-state index in [0.717, 1.165) is 35.0 Å². The molecule has 6 N–H and O–H groups in total. The van der Waals surface area contributed by atoms with Gasteiger partial charge in [0.1, 0.15) is 18.1 Å². The summed E-state index contributed by atoms with van der Waals surface area (Å²) in [5.74, 6) is -2.79. The molecule has 40 heavy (non-hydrogen) atoms. The van der Waals surface area contributed by atoms with Gasteiger partial charge < -0.3 is 31.4 Å². The molecular weight excluding hydrogens is 510 g/mol. The lowest BCUT2D eigenvalue weighted by molar-refractivity contribution is -0.142. The Kier molecular flexibility index (Phi) is 9.55. The predicted molar refractivity (Wildman–Crippen MR) is 151 cm³/mol. The van der Waals surface area contributed by atoms with Crippen LogP contribution >= 0.6 is 0 Å². The average Bonchev–Trinajstić information content (AvgIpc) is 3.62. The molecule has 0 saturated carbocycles. The number of carboxylic acid groups (broad SMARTS) is 1. The lowest BCUT2D eigenvalue weighted by Crippen LogP contribution is -2.59. The van der Waals surface area contributed by atoms with Gasteiger partial charge >= 0.3 is 5.97 Å². The zero-order valence-corrected chi connectivity index (χ0v) is 22.8. The maximum Gasteiger partial charge on any atom is 0.326 e. The van der Waals surface area contributed by atoms with Crippen LogP contribution in [-0.4, -0.2) is 64.5 Å². The van der Waals surface area contributed by atoms with Gasteiger partial charge in [0.15, 0.2) is 0 Å². The van der Waals surface area contributed by atoms with Gasteiger partial charge in [0.2, 0.25) is 17.7 Å². The number of fused-ring (bicyclic) bond motifs is 1. The van der Waals surface area contributed by atoms with Crippen LogP contribution in [0.4, 0.5) is 0 Å². The zero-order chi connectivity index (χ0) is 28.6. The maximum atomic E-state index is 13.6. The van der Waals surface area contributed by atoms with E-state index in [4.69, 9.17) is 0 Å². The number of aromatic nitrogens is 1. The monoisotopic (exact) mass is 547 g/mol. The van der Waals surface area contributed by atoms with Crippen LogP contribution in [-0.2, 0) is 32.0 Å². The van der Waals surface area contributed by atoms with Crippen LogP contribution in [0, 0.1) is 5.92 Å². The Morgan fingerprint density at radius 1 is 0.900 bits per heavy atom. The molecule has 0 aliphatic carbocycles. The first-order valence-corrected chi connectivity index (χ1v) is 13.7. The quantitative estimate of drug-likeness (QED) is 0.204. The van der Waals surface area contributed by atoms with Gasteiger partial charge in [0, 0.05) is 29.9 Å². The fraction of sp³-hybridized carbons (Fsp3) is 0.400. The molecule has 10 heteroatoms. The molecular formula is C30H37N5O5. The van der Waals surface area contributed by atoms with Crippen LogP contribution in [0.1, 0.15) is 37.8 Å². The van der Waals surface area contributed by atoms with E-state index in [2.05, 4.69) is 26.3 Å². The van der Waals surface area contributed by atoms with E-state index in [0.29, 0.717) is 6.42 Å². The lowest BCUT2D eigenvalue weighted by Gasteiger charge is -2.27. The third kappa shape index (κ3) is 7.26. The van der Waals surface area contributed by atoms with E-state index in [1.165, 1.54) is 0 Å². The van der Waals surface area contributed by atoms with Gasteiger partial charge in [0.05, 0.1) is 6.04 Å². The summed E-state index contributed by atoms with van der Waals surface area (Å²) >= 11 is 0. The summed E-state index contributed by atoms with van der Waals surface area (Å²) in [6.07, 6.45) is 3.58. The summed E-state index contributed by atoms with van der Waals surface area (Å²) in [5, 5.41) is 22.2. The van der Waals surface area contributed by atoms with Crippen molar-refractivity contribution in [2.45, 2.75) is 63.7 Å². The molecule has 1 aliphatic rings. The van der Waals surface area contributed by atoms with E-state index in [-0.39, 0.29) is 30.7 Å². The predicted octanol–water partition coefficient (Wildman–Crippen LogP) is 1.90. The van der Waals surface area contributed by atoms with Crippen molar-refractivity contribution in [3.63, 3.8) is 0 Å². The third-order valence-electron chi connectivity index (χ3n) is 7.25. The summed E-state index contributed by atoms with van der Waals surface area (Å²) in [4.78, 5) is 55.1.